The van der Waals surface area contributed by atoms with Crippen LogP contribution in [-0.2, 0) is 115 Å². The van der Waals surface area contributed by atoms with Crippen LogP contribution in [0.25, 0.3) is 0 Å². The average molecular weight is 2150 g/mol. The highest BCUT2D eigenvalue weighted by molar-refractivity contribution is 7.97. The number of esters is 6. The van der Waals surface area contributed by atoms with Crippen molar-refractivity contribution in [3.8, 4) is 5.75 Å². The van der Waals surface area contributed by atoms with E-state index in [0.29, 0.717) is 84.0 Å². The summed E-state index contributed by atoms with van der Waals surface area (Å²) in [6.07, 6.45) is 33.0. The maximum atomic E-state index is 13.9. The van der Waals surface area contributed by atoms with Gasteiger partial charge in [-0.05, 0) is 385 Å². The maximum absolute atomic E-state index is 13.9. The van der Waals surface area contributed by atoms with Gasteiger partial charge in [0.1, 0.15) is 77.2 Å². The lowest BCUT2D eigenvalue weighted by atomic mass is 9.41. The third kappa shape index (κ3) is 25.1. The number of benzene rings is 4. The summed E-state index contributed by atoms with van der Waals surface area (Å²) >= 11 is -3.24. The Labute approximate surface area is 855 Å². The Morgan fingerprint density at radius 2 is 0.634 bits per heavy atom. The molecule has 0 radical (unpaired) electrons. The predicted molar refractivity (Wildman–Crippen MR) is 492 cm³/mol. The molecule has 0 N–H and O–H groups in total. The smallest absolute Gasteiger partial charge is 0.415 e. The molecule has 21 aliphatic carbocycles. The quantitative estimate of drug-likeness (QED) is 0.0102. The van der Waals surface area contributed by atoms with Crippen LogP contribution in [0.15, 0.2) is 84.9 Å². The van der Waals surface area contributed by atoms with E-state index in [0.717, 1.165) is 164 Å². The van der Waals surface area contributed by atoms with E-state index in [1.807, 2.05) is 38.1 Å². The van der Waals surface area contributed by atoms with E-state index >= 15 is 0 Å². The summed E-state index contributed by atoms with van der Waals surface area (Å²) in [7, 11) is 1.63. The molecule has 43 heteroatoms. The van der Waals surface area contributed by atoms with E-state index in [1.165, 1.54) is 90.3 Å². The molecule has 0 aromatic heterocycles. The van der Waals surface area contributed by atoms with Gasteiger partial charge in [-0.3, -0.25) is 25.2 Å². The molecule has 145 heavy (non-hydrogen) atoms. The van der Waals surface area contributed by atoms with Gasteiger partial charge in [0, 0.05) is 21.7 Å². The van der Waals surface area contributed by atoms with Crippen LogP contribution in [0.3, 0.4) is 0 Å². The molecule has 0 spiro atoms. The first-order valence-electron chi connectivity index (χ1n) is 49.7. The number of aryl methyl sites for hydroxylation is 5. The topological polar surface area (TPSA) is 375 Å². The second-order valence-corrected chi connectivity index (χ2v) is 50.4. The standard InChI is InChI=1S/C22H28F2O5S.C21H24F2O7S.C20H24F2O6S.C20H30F2O5S.C19H22F2O5S/c1-13-4-14(2)18(15(3)5-13)21-9-16-6-17(10-21)8-20(7-16,11-21)12-27-19(25)22(23,24)30-29-28-26;1-13-2-4-16(5-3-13)17(24)28-20-9-14-6-15(10-20)8-19(7-14,11-20)12-27-18(25)21(22,23)31-30-29-26;1-25-16-4-2-15(3-5-16)19-9-13-6-14(10-19)8-18(7-13,11-19)12-26-17(23)20(21,22)29-28-27-24;1-13-2-4-16(5-3-13)19-9-14-6-15(10-19)8-18(7-14,11-19)12-25-17(23)20(21,22)28-27-26-24;1-12-2-4-15(5-3-12)17-7-13-6-14(8-17)10-18(9-13,11-17)24-16(22)19(20,21)27-26-25-23/h4-5,16-17,26H,6-12H2,1-3H3;2-5,14-15,26H,6-12H2,1H3;2-5,13-14,24H,6-12H2,1H3;13-16,24H,2-12H2,1H3;2-5,13-14,23H,6-11H2,1H3/p-5. The Bertz CT molecular complexity index is 5120. The minimum absolute atomic E-state index is 0.0143. The molecule has 4 aromatic carbocycles. The Morgan fingerprint density at radius 3 is 1.00 bits per heavy atom. The summed E-state index contributed by atoms with van der Waals surface area (Å²) in [5.41, 5.74) is 7.73. The Hall–Kier alpha value is -6.05. The van der Waals surface area contributed by atoms with Crippen LogP contribution >= 0.6 is 60.2 Å². The highest BCUT2D eigenvalue weighted by atomic mass is 32.2. The molecule has 0 saturated heterocycles. The molecule has 28 nitrogen and oxygen atoms in total. The molecular formula is C102H123F10O28S5-5. The molecule has 21 aliphatic rings. The summed E-state index contributed by atoms with van der Waals surface area (Å²) < 4.78 is 193. The summed E-state index contributed by atoms with van der Waals surface area (Å²) in [4.78, 5) is 72.3. The monoisotopic (exact) mass is 2150 g/mol. The number of alkyl halides is 10. The van der Waals surface area contributed by atoms with Gasteiger partial charge in [-0.2, -0.15) is 65.6 Å². The number of halogens is 10. The van der Waals surface area contributed by atoms with E-state index in [-0.39, 0.29) is 70.8 Å². The number of hydrogen-bond acceptors (Lipinski definition) is 33. The van der Waals surface area contributed by atoms with E-state index < -0.39 is 139 Å². The van der Waals surface area contributed by atoms with Crippen molar-refractivity contribution in [2.24, 2.45) is 98.1 Å². The lowest BCUT2D eigenvalue weighted by Gasteiger charge is -2.64. The van der Waals surface area contributed by atoms with Crippen LogP contribution in [0, 0.1) is 133 Å². The second-order valence-electron chi connectivity index (χ2n) is 46.3. The SMILES string of the molecule is CC1CCC(C23CC4CC(CC(COC(=O)C(F)(F)SOO[O-])(C4)C2)C3)CC1.COc1ccc(C23CC4CC(CC(COC(=O)C(F)(F)SOO[O-])(C4)C2)C3)cc1.Cc1cc(C)c(C23CC4CC(CC(COC(=O)C(F)(F)SOO[O-])(C4)C2)C3)c(C)c1.Cc1ccc(C(=O)OC23CC4CC(CC(COC(=O)C(F)(F)SOO[O-])(C4)C2)C3)cc1.Cc1ccc(C23CC4CC(CC(OC(=O)C(F)(F)SOO[O-])(C4)C2)C3)cc1. The van der Waals surface area contributed by atoms with Crippen molar-refractivity contribution >= 4 is 96.0 Å². The highest BCUT2D eigenvalue weighted by Crippen LogP contribution is 2.73. The van der Waals surface area contributed by atoms with E-state index in [1.54, 1.807) is 19.2 Å². The first-order valence-corrected chi connectivity index (χ1v) is 53.4. The van der Waals surface area contributed by atoms with Crippen LogP contribution in [-0.4, -0.2) is 107 Å². The first-order chi connectivity index (χ1) is 68.5. The third-order valence-electron chi connectivity index (χ3n) is 35.1. The number of rotatable bonds is 36. The van der Waals surface area contributed by atoms with Crippen LogP contribution < -0.4 is 31.0 Å². The predicted octanol–water partition coefficient (Wildman–Crippen LogP) is 19.5. The minimum atomic E-state index is -4.07. The fraction of sp³-hybridized carbons (Fsp3) is 0.706. The molecular weight excluding hydrogens is 2020 g/mol. The largest absolute Gasteiger partial charge is 0.691 e. The van der Waals surface area contributed by atoms with Crippen molar-refractivity contribution in [3.05, 3.63) is 135 Å². The van der Waals surface area contributed by atoms with Crippen molar-refractivity contribution < 1.29 is 179 Å². The van der Waals surface area contributed by atoms with Gasteiger partial charge in [-0.25, -0.2) is 28.8 Å². The summed E-state index contributed by atoms with van der Waals surface area (Å²) in [5.74, 6) is -1.98. The van der Waals surface area contributed by atoms with Crippen molar-refractivity contribution in [2.45, 2.75) is 314 Å². The van der Waals surface area contributed by atoms with E-state index in [4.69, 9.17) is 33.2 Å². The lowest BCUT2D eigenvalue weighted by molar-refractivity contribution is -0.777. The zero-order valence-electron chi connectivity index (χ0n) is 81.6. The van der Waals surface area contributed by atoms with Gasteiger partial charge >= 0.3 is 62.1 Å². The molecule has 0 aliphatic heterocycles. The molecule has 10 unspecified atom stereocenters. The molecule has 21 saturated carbocycles. The van der Waals surface area contributed by atoms with Gasteiger partial charge in [0.05, 0.1) is 39.1 Å². The number of hydrogen-bond donors (Lipinski definition) is 0. The molecule has 20 bridgehead atoms. The Balaban J connectivity index is 0.000000130. The van der Waals surface area contributed by atoms with Gasteiger partial charge in [0.25, 0.3) is 0 Å². The molecule has 10 atom stereocenters. The van der Waals surface area contributed by atoms with Crippen LogP contribution in [0.5, 0.6) is 5.75 Å². The Kier molecular flexibility index (Phi) is 34.0. The van der Waals surface area contributed by atoms with E-state index in [2.05, 4.69) is 123 Å². The fourth-order valence-corrected chi connectivity index (χ4v) is 34.1. The number of carbonyl (C=O) groups excluding carboxylic acids is 6. The number of methoxy groups -OCH3 is 1. The van der Waals surface area contributed by atoms with Crippen molar-refractivity contribution in [1.29, 1.82) is 0 Å². The summed E-state index contributed by atoms with van der Waals surface area (Å²) in [6, 6.07) is 28.0. The van der Waals surface area contributed by atoms with Crippen molar-refractivity contribution in [2.75, 3.05) is 33.5 Å². The van der Waals surface area contributed by atoms with E-state index in [9.17, 15) is 99.0 Å². The summed E-state index contributed by atoms with van der Waals surface area (Å²) in [5, 5.41) is 43.4. The zero-order chi connectivity index (χ0) is 104. The van der Waals surface area contributed by atoms with Gasteiger partial charge in [0.15, 0.2) is 0 Å². The molecule has 4 aromatic rings. The van der Waals surface area contributed by atoms with Crippen LogP contribution in [0.1, 0.15) is 280 Å². The van der Waals surface area contributed by atoms with Crippen LogP contribution in [0.4, 0.5) is 43.9 Å². The second kappa shape index (κ2) is 44.2. The fourth-order valence-electron chi connectivity index (χ4n) is 32.9. The lowest BCUT2D eigenvalue weighted by Crippen LogP contribution is -2.59. The molecule has 0 amide bonds. The Morgan fingerprint density at radius 1 is 0.338 bits per heavy atom. The molecule has 0 heterocycles. The minimum Gasteiger partial charge on any atom is -0.691 e. The molecule has 804 valence electrons. The summed E-state index contributed by atoms with van der Waals surface area (Å²) in [6.45, 7) is 12.5. The molecule has 25 rings (SSSR count). The van der Waals surface area contributed by atoms with Gasteiger partial charge < -0.3 is 59.4 Å². The molecule has 21 fully saturated rings. The van der Waals surface area contributed by atoms with Crippen molar-refractivity contribution in [3.63, 3.8) is 0 Å². The van der Waals surface area contributed by atoms with Crippen molar-refractivity contribution in [1.82, 2.24) is 0 Å². The first kappa shape index (κ1) is 112. The zero-order valence-corrected chi connectivity index (χ0v) is 85.7. The van der Waals surface area contributed by atoms with Gasteiger partial charge in [0.2, 0.25) is 0 Å². The van der Waals surface area contributed by atoms with Gasteiger partial charge in [-0.1, -0.05) is 97.1 Å². The third-order valence-corrected chi connectivity index (χ3v) is 37.6. The maximum Gasteiger partial charge on any atom is 0.415 e. The number of carbonyl (C=O) groups is 6. The number of ether oxygens (including phenoxy) is 7. The van der Waals surface area contributed by atoms with Crippen LogP contribution in [0.2, 0.25) is 0 Å². The highest BCUT2D eigenvalue weighted by Gasteiger charge is 2.67. The normalized spacial score (nSPS) is 34.7. The average Bonchev–Trinajstić information content (AvgIpc) is 0.714. The van der Waals surface area contributed by atoms with Gasteiger partial charge in [-0.15, -0.1) is 0 Å².